The monoisotopic (exact) mass is 265 g/mol. The molecule has 1 atom stereocenters. The zero-order valence-corrected chi connectivity index (χ0v) is 10.7. The number of aromatic nitrogens is 2. The third kappa shape index (κ3) is 2.67. The van der Waals surface area contributed by atoms with Crippen molar-refractivity contribution in [2.45, 2.75) is 6.04 Å². The summed E-state index contributed by atoms with van der Waals surface area (Å²) in [7, 11) is 3.10. The molecular weight excluding hydrogens is 250 g/mol. The number of rotatable bonds is 5. The first-order valence-electron chi connectivity index (χ1n) is 5.62. The Morgan fingerprint density at radius 2 is 2.05 bits per heavy atom. The van der Waals surface area contributed by atoms with Crippen LogP contribution in [0.1, 0.15) is 11.9 Å². The molecule has 2 aromatic rings. The average molecular weight is 265 g/mol. The lowest BCUT2D eigenvalue weighted by Gasteiger charge is -2.07. The van der Waals surface area contributed by atoms with Crippen LogP contribution in [0.15, 0.2) is 22.7 Å². The van der Waals surface area contributed by atoms with E-state index in [4.69, 9.17) is 24.8 Å². The van der Waals surface area contributed by atoms with Crippen LogP contribution in [0.3, 0.4) is 0 Å². The lowest BCUT2D eigenvalue weighted by molar-refractivity contribution is 0.260. The zero-order chi connectivity index (χ0) is 13.8. The quantitative estimate of drug-likeness (QED) is 0.821. The predicted octanol–water partition coefficient (Wildman–Crippen LogP) is 0.746. The highest BCUT2D eigenvalue weighted by Crippen LogP contribution is 2.31. The molecule has 1 unspecified atom stereocenters. The van der Waals surface area contributed by atoms with E-state index in [1.165, 1.54) is 0 Å². The van der Waals surface area contributed by atoms with E-state index >= 15 is 0 Å². The van der Waals surface area contributed by atoms with Gasteiger partial charge in [-0.15, -0.1) is 0 Å². The smallest absolute Gasteiger partial charge is 0.258 e. The molecule has 1 aromatic carbocycles. The van der Waals surface area contributed by atoms with Crippen LogP contribution in [0.4, 0.5) is 0 Å². The number of benzene rings is 1. The molecule has 1 heterocycles. The van der Waals surface area contributed by atoms with E-state index in [0.29, 0.717) is 23.0 Å². The summed E-state index contributed by atoms with van der Waals surface area (Å²) in [6, 6.07) is 4.57. The van der Waals surface area contributed by atoms with Gasteiger partial charge in [-0.2, -0.15) is 4.98 Å². The Morgan fingerprint density at radius 3 is 2.68 bits per heavy atom. The van der Waals surface area contributed by atoms with Gasteiger partial charge >= 0.3 is 0 Å². The van der Waals surface area contributed by atoms with Crippen molar-refractivity contribution in [3.05, 3.63) is 24.0 Å². The van der Waals surface area contributed by atoms with E-state index in [9.17, 15) is 0 Å². The van der Waals surface area contributed by atoms with E-state index in [-0.39, 0.29) is 12.4 Å². The zero-order valence-electron chi connectivity index (χ0n) is 10.7. The molecule has 0 amide bonds. The van der Waals surface area contributed by atoms with Crippen LogP contribution in [0, 0.1) is 0 Å². The highest BCUT2D eigenvalue weighted by atomic mass is 16.5. The van der Waals surface area contributed by atoms with Crippen molar-refractivity contribution in [3.8, 4) is 23.0 Å². The summed E-state index contributed by atoms with van der Waals surface area (Å²) in [4.78, 5) is 4.12. The van der Waals surface area contributed by atoms with Gasteiger partial charge in [-0.1, -0.05) is 5.16 Å². The number of ether oxygens (including phenoxy) is 2. The summed E-state index contributed by atoms with van der Waals surface area (Å²) in [6.07, 6.45) is 0. The van der Waals surface area contributed by atoms with E-state index in [1.54, 1.807) is 32.4 Å². The Morgan fingerprint density at radius 1 is 1.32 bits per heavy atom. The fourth-order valence-electron chi connectivity index (χ4n) is 1.55. The number of aliphatic hydroxyl groups is 1. The molecule has 0 fully saturated rings. The third-order valence-electron chi connectivity index (χ3n) is 2.60. The Bertz CT molecular complexity index is 556. The molecule has 1 aromatic heterocycles. The maximum atomic E-state index is 8.94. The maximum Gasteiger partial charge on any atom is 0.258 e. The van der Waals surface area contributed by atoms with E-state index in [2.05, 4.69) is 10.1 Å². The molecular formula is C12H15N3O4. The predicted molar refractivity (Wildman–Crippen MR) is 66.9 cm³/mol. The van der Waals surface area contributed by atoms with Crippen molar-refractivity contribution in [3.63, 3.8) is 0 Å². The summed E-state index contributed by atoms with van der Waals surface area (Å²) in [5, 5.41) is 12.7. The van der Waals surface area contributed by atoms with Crippen molar-refractivity contribution in [2.24, 2.45) is 5.73 Å². The summed E-state index contributed by atoms with van der Waals surface area (Å²) in [6.45, 7) is -0.245. The number of nitrogens with two attached hydrogens (primary N) is 1. The minimum atomic E-state index is -0.655. The second-order valence-corrected chi connectivity index (χ2v) is 3.82. The molecule has 0 bridgehead atoms. The van der Waals surface area contributed by atoms with Gasteiger partial charge < -0.3 is 24.8 Å². The Kier molecular flexibility index (Phi) is 3.98. The van der Waals surface area contributed by atoms with Gasteiger partial charge in [-0.05, 0) is 18.2 Å². The van der Waals surface area contributed by atoms with Crippen LogP contribution < -0.4 is 15.2 Å². The SMILES string of the molecule is COc1ccc(-c2nc(C(N)CO)no2)cc1OC. The van der Waals surface area contributed by atoms with Gasteiger partial charge in [0.05, 0.1) is 26.9 Å². The first kappa shape index (κ1) is 13.3. The fourth-order valence-corrected chi connectivity index (χ4v) is 1.55. The van der Waals surface area contributed by atoms with Gasteiger partial charge in [-0.25, -0.2) is 0 Å². The van der Waals surface area contributed by atoms with Crippen molar-refractivity contribution >= 4 is 0 Å². The second kappa shape index (κ2) is 5.68. The van der Waals surface area contributed by atoms with Gasteiger partial charge in [0, 0.05) is 5.56 Å². The minimum Gasteiger partial charge on any atom is -0.493 e. The van der Waals surface area contributed by atoms with Crippen LogP contribution in [0.5, 0.6) is 11.5 Å². The largest absolute Gasteiger partial charge is 0.493 e. The third-order valence-corrected chi connectivity index (χ3v) is 2.60. The lowest BCUT2D eigenvalue weighted by Crippen LogP contribution is -2.15. The molecule has 7 nitrogen and oxygen atoms in total. The highest BCUT2D eigenvalue weighted by Gasteiger charge is 2.15. The average Bonchev–Trinajstić information content (AvgIpc) is 2.95. The molecule has 0 spiro atoms. The first-order valence-corrected chi connectivity index (χ1v) is 5.62. The molecule has 0 aliphatic carbocycles. The first-order chi connectivity index (χ1) is 9.19. The van der Waals surface area contributed by atoms with Crippen molar-refractivity contribution < 1.29 is 19.1 Å². The number of methoxy groups -OCH3 is 2. The van der Waals surface area contributed by atoms with Crippen molar-refractivity contribution in [1.29, 1.82) is 0 Å². The van der Waals surface area contributed by atoms with E-state index < -0.39 is 6.04 Å². The molecule has 19 heavy (non-hydrogen) atoms. The molecule has 0 saturated heterocycles. The summed E-state index contributed by atoms with van der Waals surface area (Å²) >= 11 is 0. The van der Waals surface area contributed by atoms with E-state index in [1.807, 2.05) is 0 Å². The number of aliphatic hydroxyl groups excluding tert-OH is 1. The van der Waals surface area contributed by atoms with Crippen molar-refractivity contribution in [2.75, 3.05) is 20.8 Å². The number of hydrogen-bond acceptors (Lipinski definition) is 7. The topological polar surface area (TPSA) is 104 Å². The van der Waals surface area contributed by atoms with Crippen LogP contribution in [0.2, 0.25) is 0 Å². The van der Waals surface area contributed by atoms with Gasteiger partial charge in [0.15, 0.2) is 17.3 Å². The summed E-state index contributed by atoms with van der Waals surface area (Å²) in [5.74, 6) is 1.73. The van der Waals surface area contributed by atoms with Gasteiger partial charge in [-0.3, -0.25) is 0 Å². The van der Waals surface area contributed by atoms with Crippen LogP contribution >= 0.6 is 0 Å². The molecule has 0 saturated carbocycles. The molecule has 0 aliphatic heterocycles. The standard InChI is InChI=1S/C12H15N3O4/c1-17-9-4-3-7(5-10(9)18-2)12-14-11(15-19-12)8(13)6-16/h3-5,8,16H,6,13H2,1-2H3. The van der Waals surface area contributed by atoms with Gasteiger partial charge in [0.2, 0.25) is 0 Å². The highest BCUT2D eigenvalue weighted by molar-refractivity contribution is 5.59. The fraction of sp³-hybridized carbons (Fsp3) is 0.333. The molecule has 7 heteroatoms. The summed E-state index contributed by atoms with van der Waals surface area (Å²) in [5.41, 5.74) is 6.29. The normalized spacial score (nSPS) is 12.2. The molecule has 0 aliphatic rings. The van der Waals surface area contributed by atoms with E-state index in [0.717, 1.165) is 0 Å². The number of hydrogen-bond donors (Lipinski definition) is 2. The number of nitrogens with zero attached hydrogens (tertiary/aromatic N) is 2. The second-order valence-electron chi connectivity index (χ2n) is 3.82. The van der Waals surface area contributed by atoms with Gasteiger partial charge in [0.1, 0.15) is 0 Å². The Balaban J connectivity index is 2.34. The molecule has 0 radical (unpaired) electrons. The van der Waals surface area contributed by atoms with Crippen LogP contribution in [-0.2, 0) is 0 Å². The summed E-state index contributed by atoms with van der Waals surface area (Å²) < 4.78 is 15.4. The molecule has 102 valence electrons. The lowest BCUT2D eigenvalue weighted by atomic mass is 10.2. The Labute approximate surface area is 109 Å². The molecule has 3 N–H and O–H groups in total. The van der Waals surface area contributed by atoms with Gasteiger partial charge in [0.25, 0.3) is 5.89 Å². The Hall–Kier alpha value is -2.12. The van der Waals surface area contributed by atoms with Crippen LogP contribution in [0.25, 0.3) is 11.5 Å². The minimum absolute atomic E-state index is 0.245. The van der Waals surface area contributed by atoms with Crippen molar-refractivity contribution in [1.82, 2.24) is 10.1 Å². The molecule has 2 rings (SSSR count). The maximum absolute atomic E-state index is 8.94. The van der Waals surface area contributed by atoms with Crippen LogP contribution in [-0.4, -0.2) is 36.1 Å².